The quantitative estimate of drug-likeness (QED) is 0.599. The molecule has 1 aliphatic rings. The van der Waals surface area contributed by atoms with E-state index in [4.69, 9.17) is 0 Å². The zero-order chi connectivity index (χ0) is 21.1. The molecule has 0 spiro atoms. The monoisotopic (exact) mass is 397 g/mol. The van der Waals surface area contributed by atoms with Crippen molar-refractivity contribution in [3.05, 3.63) is 63.2 Å². The fourth-order valence-electron chi connectivity index (χ4n) is 4.06. The van der Waals surface area contributed by atoms with Gasteiger partial charge in [0, 0.05) is 23.5 Å². The summed E-state index contributed by atoms with van der Waals surface area (Å²) in [5.41, 5.74) is 5.36. The van der Waals surface area contributed by atoms with E-state index in [9.17, 15) is 14.9 Å². The molecule has 0 aliphatic carbocycles. The van der Waals surface area contributed by atoms with Gasteiger partial charge in [0.25, 0.3) is 11.6 Å². The molecule has 2 N–H and O–H groups in total. The van der Waals surface area contributed by atoms with Crippen molar-refractivity contribution in [2.45, 2.75) is 33.7 Å². The fraction of sp³-hybridized carbons (Fsp3) is 0.409. The first kappa shape index (κ1) is 20.8. The second kappa shape index (κ2) is 8.61. The molecule has 29 heavy (non-hydrogen) atoms. The zero-order valence-electron chi connectivity index (χ0n) is 17.5. The Morgan fingerprint density at radius 1 is 1.10 bits per heavy atom. The smallest absolute Gasteiger partial charge is 0.282 e. The molecule has 1 aliphatic heterocycles. The van der Waals surface area contributed by atoms with Crippen molar-refractivity contribution in [1.82, 2.24) is 0 Å². The number of rotatable bonds is 5. The van der Waals surface area contributed by atoms with E-state index >= 15 is 0 Å². The molecule has 2 aromatic rings. The van der Waals surface area contributed by atoms with E-state index in [0.717, 1.165) is 48.7 Å². The number of carbonyl (C=O) groups excluding carboxylic acids is 1. The fourth-order valence-corrected chi connectivity index (χ4v) is 4.06. The number of nitrogens with zero attached hydrogens (tertiary/aromatic N) is 2. The van der Waals surface area contributed by atoms with Crippen LogP contribution in [0.1, 0.15) is 23.6 Å². The Balaban J connectivity index is 1.59. The predicted molar refractivity (Wildman–Crippen MR) is 115 cm³/mol. The topological polar surface area (TPSA) is 79.9 Å². The summed E-state index contributed by atoms with van der Waals surface area (Å²) in [5.74, 6) is 0.0406. The second-order valence-electron chi connectivity index (χ2n) is 7.90. The maximum atomic E-state index is 12.8. The number of carbonyl (C=O) groups is 1. The van der Waals surface area contributed by atoms with Gasteiger partial charge in [-0.3, -0.25) is 14.9 Å². The molecule has 0 saturated carbocycles. The summed E-state index contributed by atoms with van der Waals surface area (Å²) in [6.07, 6.45) is 0. The van der Waals surface area contributed by atoms with Gasteiger partial charge < -0.3 is 15.1 Å². The van der Waals surface area contributed by atoms with Gasteiger partial charge in [-0.15, -0.1) is 0 Å². The number of amides is 1. The van der Waals surface area contributed by atoms with E-state index in [-0.39, 0.29) is 22.6 Å². The van der Waals surface area contributed by atoms with Gasteiger partial charge in [-0.25, -0.2) is 0 Å². The predicted octanol–water partition coefficient (Wildman–Crippen LogP) is 2.25. The van der Waals surface area contributed by atoms with Crippen molar-refractivity contribution in [2.24, 2.45) is 0 Å². The first-order valence-electron chi connectivity index (χ1n) is 9.99. The Kier molecular flexibility index (Phi) is 6.17. The summed E-state index contributed by atoms with van der Waals surface area (Å²) >= 11 is 0. The van der Waals surface area contributed by atoms with Gasteiger partial charge in [0.05, 0.1) is 31.1 Å². The number of aryl methyl sites for hydroxylation is 3. The van der Waals surface area contributed by atoms with Crippen LogP contribution >= 0.6 is 0 Å². The number of non-ortho nitro benzene ring substituents is 1. The summed E-state index contributed by atoms with van der Waals surface area (Å²) in [4.78, 5) is 26.7. The van der Waals surface area contributed by atoms with Crippen molar-refractivity contribution in [3.63, 3.8) is 0 Å². The number of piperazine rings is 1. The van der Waals surface area contributed by atoms with Crippen LogP contribution < -0.4 is 15.1 Å². The lowest BCUT2D eigenvalue weighted by Crippen LogP contribution is -3.19. The van der Waals surface area contributed by atoms with Crippen LogP contribution in [0.4, 0.5) is 17.1 Å². The number of hydrogen-bond donors (Lipinski definition) is 2. The first-order chi connectivity index (χ1) is 13.8. The average Bonchev–Trinajstić information content (AvgIpc) is 2.70. The third-order valence-electron chi connectivity index (χ3n) is 5.76. The molecule has 0 aromatic heterocycles. The molecule has 7 heteroatoms. The van der Waals surface area contributed by atoms with Crippen molar-refractivity contribution < 1.29 is 14.6 Å². The molecule has 3 rings (SSSR count). The molecule has 0 radical (unpaired) electrons. The normalized spacial score (nSPS) is 15.8. The van der Waals surface area contributed by atoms with Gasteiger partial charge >= 0.3 is 0 Å². The largest absolute Gasteiger partial charge is 0.360 e. The van der Waals surface area contributed by atoms with Gasteiger partial charge in [-0.1, -0.05) is 17.7 Å². The summed E-state index contributed by atoms with van der Waals surface area (Å²) < 4.78 is 0. The Labute approximate surface area is 171 Å². The molecule has 1 fully saturated rings. The van der Waals surface area contributed by atoms with Crippen LogP contribution in [0.15, 0.2) is 36.4 Å². The van der Waals surface area contributed by atoms with Crippen molar-refractivity contribution >= 4 is 23.0 Å². The lowest BCUT2D eigenvalue weighted by Gasteiger charge is -2.36. The van der Waals surface area contributed by atoms with E-state index in [0.29, 0.717) is 0 Å². The van der Waals surface area contributed by atoms with Gasteiger partial charge in [0.15, 0.2) is 6.04 Å². The molecule has 1 atom stereocenters. The standard InChI is InChI=1S/C22H28N4O3/c1-15-13-16(2)21(17(3)14-15)23-22(27)18(4)24-9-11-25(12-10-24)19-5-7-20(8-6-19)26(28)29/h5-8,13-14,18H,9-12H2,1-4H3,(H,23,27)/p+1/t18-/m0/s1. The van der Waals surface area contributed by atoms with Crippen LogP contribution in [0.3, 0.4) is 0 Å². The number of nitrogens with one attached hydrogen (secondary N) is 2. The van der Waals surface area contributed by atoms with Gasteiger partial charge in [-0.2, -0.15) is 0 Å². The maximum absolute atomic E-state index is 12.8. The molecular formula is C22H29N4O3+. The number of quaternary nitrogens is 1. The molecular weight excluding hydrogens is 368 g/mol. The second-order valence-corrected chi connectivity index (χ2v) is 7.90. The highest BCUT2D eigenvalue weighted by Crippen LogP contribution is 2.22. The lowest BCUT2D eigenvalue weighted by molar-refractivity contribution is -0.914. The Morgan fingerprint density at radius 2 is 1.66 bits per heavy atom. The molecule has 0 bridgehead atoms. The Bertz CT molecular complexity index is 880. The summed E-state index contributed by atoms with van der Waals surface area (Å²) in [6.45, 7) is 11.4. The van der Waals surface area contributed by atoms with Crippen LogP contribution in [0.5, 0.6) is 0 Å². The molecule has 0 unspecified atom stereocenters. The highest BCUT2D eigenvalue weighted by molar-refractivity contribution is 5.95. The van der Waals surface area contributed by atoms with Crippen LogP contribution in [-0.4, -0.2) is 43.1 Å². The minimum Gasteiger partial charge on any atom is -0.360 e. The Hall–Kier alpha value is -2.93. The molecule has 2 aromatic carbocycles. The summed E-state index contributed by atoms with van der Waals surface area (Å²) in [7, 11) is 0. The van der Waals surface area contributed by atoms with Crippen LogP contribution in [0.25, 0.3) is 0 Å². The summed E-state index contributed by atoms with van der Waals surface area (Å²) in [6, 6.07) is 10.7. The minimum absolute atomic E-state index is 0.0406. The van der Waals surface area contributed by atoms with E-state index in [2.05, 4.69) is 29.3 Å². The van der Waals surface area contributed by atoms with Gasteiger partial charge in [0.2, 0.25) is 0 Å². The maximum Gasteiger partial charge on any atom is 0.282 e. The number of benzene rings is 2. The third-order valence-corrected chi connectivity index (χ3v) is 5.76. The summed E-state index contributed by atoms with van der Waals surface area (Å²) in [5, 5.41) is 13.9. The molecule has 7 nitrogen and oxygen atoms in total. The van der Waals surface area contributed by atoms with Gasteiger partial charge in [-0.05, 0) is 51.0 Å². The van der Waals surface area contributed by atoms with Gasteiger partial charge in [0.1, 0.15) is 0 Å². The van der Waals surface area contributed by atoms with E-state index in [1.165, 1.54) is 22.6 Å². The van der Waals surface area contributed by atoms with Crippen molar-refractivity contribution in [3.8, 4) is 0 Å². The molecule has 1 saturated heterocycles. The van der Waals surface area contributed by atoms with E-state index < -0.39 is 0 Å². The molecule has 1 heterocycles. The third kappa shape index (κ3) is 4.74. The van der Waals surface area contributed by atoms with Crippen LogP contribution in [0.2, 0.25) is 0 Å². The van der Waals surface area contributed by atoms with Crippen molar-refractivity contribution in [2.75, 3.05) is 36.4 Å². The van der Waals surface area contributed by atoms with E-state index in [1.807, 2.05) is 20.8 Å². The first-order valence-corrected chi connectivity index (χ1v) is 9.99. The lowest BCUT2D eigenvalue weighted by atomic mass is 10.0. The average molecular weight is 397 g/mol. The van der Waals surface area contributed by atoms with Crippen molar-refractivity contribution in [1.29, 1.82) is 0 Å². The SMILES string of the molecule is Cc1cc(C)c(NC(=O)[C@H](C)[NH+]2CCN(c3ccc([N+](=O)[O-])cc3)CC2)c(C)c1. The van der Waals surface area contributed by atoms with Crippen LogP contribution in [0, 0.1) is 30.9 Å². The minimum atomic E-state index is -0.385. The molecule has 1 amide bonds. The Morgan fingerprint density at radius 3 is 2.17 bits per heavy atom. The highest BCUT2D eigenvalue weighted by atomic mass is 16.6. The highest BCUT2D eigenvalue weighted by Gasteiger charge is 2.29. The van der Waals surface area contributed by atoms with Crippen LogP contribution in [-0.2, 0) is 4.79 Å². The molecule has 154 valence electrons. The number of nitro groups is 1. The number of hydrogen-bond acceptors (Lipinski definition) is 4. The number of anilines is 2. The van der Waals surface area contributed by atoms with E-state index in [1.54, 1.807) is 12.1 Å². The zero-order valence-corrected chi connectivity index (χ0v) is 17.5. The number of nitro benzene ring substituents is 1.